The summed E-state index contributed by atoms with van der Waals surface area (Å²) < 4.78 is 32.9. The van der Waals surface area contributed by atoms with Crippen molar-refractivity contribution < 1.29 is 18.6 Å². The van der Waals surface area contributed by atoms with Gasteiger partial charge in [0, 0.05) is 17.9 Å². The Labute approximate surface area is 111 Å². The van der Waals surface area contributed by atoms with Gasteiger partial charge in [-0.05, 0) is 31.0 Å². The molecule has 1 aliphatic heterocycles. The van der Waals surface area contributed by atoms with Gasteiger partial charge in [0.2, 0.25) is 0 Å². The van der Waals surface area contributed by atoms with Crippen LogP contribution in [-0.2, 0) is 4.74 Å². The molecule has 1 saturated carbocycles. The van der Waals surface area contributed by atoms with Gasteiger partial charge in [-0.3, -0.25) is 0 Å². The monoisotopic (exact) mass is 268 g/mol. The SMILES string of the molecule is O[C@@H]1C[C@H](c2cc(F)ccc2F)O[C@@H]2CCCC[C@@H]12. The van der Waals surface area contributed by atoms with Crippen molar-refractivity contribution in [3.63, 3.8) is 0 Å². The van der Waals surface area contributed by atoms with Crippen molar-refractivity contribution in [2.24, 2.45) is 5.92 Å². The van der Waals surface area contributed by atoms with Crippen LogP contribution in [0.1, 0.15) is 43.8 Å². The van der Waals surface area contributed by atoms with Crippen LogP contribution in [0.15, 0.2) is 18.2 Å². The zero-order valence-corrected chi connectivity index (χ0v) is 10.7. The highest BCUT2D eigenvalue weighted by Crippen LogP contribution is 2.41. The third-order valence-electron chi connectivity index (χ3n) is 4.35. The standard InChI is InChI=1S/C15H18F2O2/c16-9-5-6-12(17)11(7-9)15-8-13(18)10-3-1-2-4-14(10)19-15/h5-7,10,13-15,18H,1-4,8H2/t10-,13+,14+,15+/m0/s1. The highest BCUT2D eigenvalue weighted by Gasteiger charge is 2.40. The molecule has 0 amide bonds. The number of hydrogen-bond acceptors (Lipinski definition) is 2. The molecule has 0 radical (unpaired) electrons. The molecule has 2 fully saturated rings. The minimum Gasteiger partial charge on any atom is -0.393 e. The van der Waals surface area contributed by atoms with E-state index in [0.717, 1.165) is 37.8 Å². The Kier molecular flexibility index (Phi) is 3.54. The molecule has 1 aliphatic carbocycles. The van der Waals surface area contributed by atoms with Crippen LogP contribution in [0.3, 0.4) is 0 Å². The maximum atomic E-state index is 13.8. The predicted molar refractivity (Wildman–Crippen MR) is 66.6 cm³/mol. The van der Waals surface area contributed by atoms with Gasteiger partial charge in [0.1, 0.15) is 11.6 Å². The highest BCUT2D eigenvalue weighted by atomic mass is 19.1. The Bertz CT molecular complexity index is 463. The van der Waals surface area contributed by atoms with E-state index in [1.807, 2.05) is 0 Å². The Morgan fingerprint density at radius 1 is 1.16 bits per heavy atom. The van der Waals surface area contributed by atoms with E-state index in [0.29, 0.717) is 6.42 Å². The van der Waals surface area contributed by atoms with E-state index < -0.39 is 23.8 Å². The molecule has 0 unspecified atom stereocenters. The summed E-state index contributed by atoms with van der Waals surface area (Å²) in [5.74, 6) is -0.783. The van der Waals surface area contributed by atoms with Crippen LogP contribution in [0.4, 0.5) is 8.78 Å². The second-order valence-electron chi connectivity index (χ2n) is 5.58. The van der Waals surface area contributed by atoms with Crippen molar-refractivity contribution >= 4 is 0 Å². The fourth-order valence-corrected chi connectivity index (χ4v) is 3.36. The van der Waals surface area contributed by atoms with E-state index in [-0.39, 0.29) is 17.6 Å². The molecule has 2 aliphatic rings. The number of halogens is 2. The van der Waals surface area contributed by atoms with Crippen LogP contribution in [0.2, 0.25) is 0 Å². The number of fused-ring (bicyclic) bond motifs is 1. The zero-order chi connectivity index (χ0) is 13.4. The fraction of sp³-hybridized carbons (Fsp3) is 0.600. The van der Waals surface area contributed by atoms with Crippen molar-refractivity contribution in [2.45, 2.75) is 50.4 Å². The lowest BCUT2D eigenvalue weighted by Gasteiger charge is -2.42. The lowest BCUT2D eigenvalue weighted by atomic mass is 9.78. The molecule has 1 aromatic carbocycles. The average Bonchev–Trinajstić information content (AvgIpc) is 2.41. The molecule has 0 aromatic heterocycles. The Balaban J connectivity index is 1.84. The van der Waals surface area contributed by atoms with Crippen molar-refractivity contribution in [1.29, 1.82) is 0 Å². The smallest absolute Gasteiger partial charge is 0.129 e. The van der Waals surface area contributed by atoms with Crippen LogP contribution in [0.5, 0.6) is 0 Å². The van der Waals surface area contributed by atoms with Crippen molar-refractivity contribution in [2.75, 3.05) is 0 Å². The summed E-state index contributed by atoms with van der Waals surface area (Å²) in [6.45, 7) is 0. The van der Waals surface area contributed by atoms with Gasteiger partial charge in [-0.1, -0.05) is 12.8 Å². The maximum Gasteiger partial charge on any atom is 0.129 e. The summed E-state index contributed by atoms with van der Waals surface area (Å²) in [5, 5.41) is 10.2. The topological polar surface area (TPSA) is 29.5 Å². The van der Waals surface area contributed by atoms with E-state index in [1.54, 1.807) is 0 Å². The number of hydrogen-bond donors (Lipinski definition) is 1. The quantitative estimate of drug-likeness (QED) is 0.846. The van der Waals surface area contributed by atoms with Gasteiger partial charge < -0.3 is 9.84 Å². The first kappa shape index (κ1) is 13.0. The second kappa shape index (κ2) is 5.17. The first-order chi connectivity index (χ1) is 9.15. The average molecular weight is 268 g/mol. The molecular formula is C15H18F2O2. The van der Waals surface area contributed by atoms with Crippen molar-refractivity contribution in [1.82, 2.24) is 0 Å². The third kappa shape index (κ3) is 2.51. The highest BCUT2D eigenvalue weighted by molar-refractivity contribution is 5.22. The van der Waals surface area contributed by atoms with E-state index in [9.17, 15) is 13.9 Å². The minimum atomic E-state index is -0.537. The minimum absolute atomic E-state index is 0.0230. The molecule has 4 heteroatoms. The molecule has 1 saturated heterocycles. The summed E-state index contributed by atoms with van der Waals surface area (Å²) in [7, 11) is 0. The number of aliphatic hydroxyl groups excluding tert-OH is 1. The summed E-state index contributed by atoms with van der Waals surface area (Å²) in [6, 6.07) is 3.39. The summed E-state index contributed by atoms with van der Waals surface area (Å²) in [5.41, 5.74) is 0.225. The molecular weight excluding hydrogens is 250 g/mol. The van der Waals surface area contributed by atoms with Gasteiger partial charge in [-0.15, -0.1) is 0 Å². The van der Waals surface area contributed by atoms with Gasteiger partial charge in [-0.2, -0.15) is 0 Å². The Hall–Kier alpha value is -1.00. The van der Waals surface area contributed by atoms with Crippen molar-refractivity contribution in [3.05, 3.63) is 35.4 Å². The molecule has 0 bridgehead atoms. The van der Waals surface area contributed by atoms with E-state index in [1.165, 1.54) is 6.07 Å². The second-order valence-corrected chi connectivity index (χ2v) is 5.58. The third-order valence-corrected chi connectivity index (χ3v) is 4.35. The van der Waals surface area contributed by atoms with Crippen LogP contribution in [0, 0.1) is 17.6 Å². The van der Waals surface area contributed by atoms with Gasteiger partial charge in [0.05, 0.1) is 18.3 Å². The lowest BCUT2D eigenvalue weighted by molar-refractivity contribution is -0.152. The molecule has 2 nitrogen and oxygen atoms in total. The predicted octanol–water partition coefficient (Wildman–Crippen LogP) is 3.35. The Morgan fingerprint density at radius 3 is 2.79 bits per heavy atom. The van der Waals surface area contributed by atoms with Crippen LogP contribution < -0.4 is 0 Å². The number of benzene rings is 1. The summed E-state index contributed by atoms with van der Waals surface area (Å²) in [4.78, 5) is 0. The van der Waals surface area contributed by atoms with Crippen molar-refractivity contribution in [3.8, 4) is 0 Å². The number of ether oxygens (including phenoxy) is 1. The largest absolute Gasteiger partial charge is 0.393 e. The molecule has 1 heterocycles. The fourth-order valence-electron chi connectivity index (χ4n) is 3.36. The van der Waals surface area contributed by atoms with E-state index in [4.69, 9.17) is 4.74 Å². The van der Waals surface area contributed by atoms with Crippen LogP contribution in [0.25, 0.3) is 0 Å². The zero-order valence-electron chi connectivity index (χ0n) is 10.7. The van der Waals surface area contributed by atoms with Gasteiger partial charge in [-0.25, -0.2) is 8.78 Å². The normalized spacial score (nSPS) is 34.9. The summed E-state index contributed by atoms with van der Waals surface area (Å²) >= 11 is 0. The Morgan fingerprint density at radius 2 is 1.95 bits per heavy atom. The van der Waals surface area contributed by atoms with Crippen LogP contribution >= 0.6 is 0 Å². The molecule has 1 N–H and O–H groups in total. The van der Waals surface area contributed by atoms with Gasteiger partial charge in [0.15, 0.2) is 0 Å². The van der Waals surface area contributed by atoms with Crippen LogP contribution in [-0.4, -0.2) is 17.3 Å². The van der Waals surface area contributed by atoms with Gasteiger partial charge >= 0.3 is 0 Å². The summed E-state index contributed by atoms with van der Waals surface area (Å²) in [6.07, 6.45) is 3.36. The first-order valence-electron chi connectivity index (χ1n) is 6.93. The lowest BCUT2D eigenvalue weighted by Crippen LogP contribution is -2.43. The maximum absolute atomic E-state index is 13.8. The first-order valence-corrected chi connectivity index (χ1v) is 6.93. The molecule has 1 aromatic rings. The number of aliphatic hydroxyl groups is 1. The molecule has 19 heavy (non-hydrogen) atoms. The van der Waals surface area contributed by atoms with E-state index >= 15 is 0 Å². The molecule has 104 valence electrons. The van der Waals surface area contributed by atoms with E-state index in [2.05, 4.69) is 0 Å². The molecule has 4 atom stereocenters. The molecule has 0 spiro atoms. The molecule has 3 rings (SSSR count). The number of rotatable bonds is 1. The van der Waals surface area contributed by atoms with Gasteiger partial charge in [0.25, 0.3) is 0 Å².